The van der Waals surface area contributed by atoms with Crippen LogP contribution in [-0.2, 0) is 0 Å². The minimum atomic E-state index is 0.523. The maximum atomic E-state index is 5.67. The van der Waals surface area contributed by atoms with Crippen molar-refractivity contribution in [3.8, 4) is 5.69 Å². The van der Waals surface area contributed by atoms with Crippen LogP contribution >= 0.6 is 35.8 Å². The lowest BCUT2D eigenvalue weighted by atomic mass is 10.2. The van der Waals surface area contributed by atoms with E-state index in [1.807, 2.05) is 45.4 Å². The summed E-state index contributed by atoms with van der Waals surface area (Å²) in [7, 11) is 0. The van der Waals surface area contributed by atoms with Gasteiger partial charge in [0.1, 0.15) is 10.3 Å². The van der Waals surface area contributed by atoms with E-state index >= 15 is 0 Å². The number of hydrogen-bond acceptors (Lipinski definition) is 4. The van der Waals surface area contributed by atoms with Crippen LogP contribution in [0, 0.1) is 15.6 Å². The number of aryl methyl sites for hydroxylation is 1. The van der Waals surface area contributed by atoms with E-state index in [1.165, 1.54) is 0 Å². The molecule has 0 saturated carbocycles. The fourth-order valence-electron chi connectivity index (χ4n) is 3.22. The zero-order chi connectivity index (χ0) is 17.1. The normalized spacial score (nSPS) is 11.7. The molecule has 4 nitrogen and oxygen atoms in total. The second-order valence-electron chi connectivity index (χ2n) is 5.86. The average Bonchev–Trinajstić information content (AvgIpc) is 3.14. The second-order valence-corrected chi connectivity index (χ2v) is 7.87. The molecule has 5 aromatic rings. The molecule has 2 aromatic carbocycles. The summed E-state index contributed by atoms with van der Waals surface area (Å²) >= 11 is 12.8. The van der Waals surface area contributed by atoms with Gasteiger partial charge in [-0.15, -0.1) is 0 Å². The molecule has 0 fully saturated rings. The number of fused-ring (bicyclic) bond motifs is 5. The Balaban J connectivity index is 2.01. The van der Waals surface area contributed by atoms with Crippen molar-refractivity contribution in [1.82, 2.24) is 18.9 Å². The van der Waals surface area contributed by atoms with Gasteiger partial charge < -0.3 is 4.98 Å². The largest absolute Gasteiger partial charge is 0.338 e. The van der Waals surface area contributed by atoms with E-state index in [9.17, 15) is 0 Å². The van der Waals surface area contributed by atoms with Crippen LogP contribution in [0.1, 0.15) is 5.56 Å². The zero-order valence-electron chi connectivity index (χ0n) is 13.2. The first-order chi connectivity index (χ1) is 12.1. The van der Waals surface area contributed by atoms with Crippen molar-refractivity contribution in [2.24, 2.45) is 0 Å². The third-order valence-electron chi connectivity index (χ3n) is 4.37. The molecule has 0 spiro atoms. The average molecular weight is 381 g/mol. The molecule has 0 bridgehead atoms. The molecule has 3 heterocycles. The Labute approximate surface area is 157 Å². The number of thiazole rings is 1. The molecule has 7 heteroatoms. The van der Waals surface area contributed by atoms with Crippen molar-refractivity contribution in [3.63, 3.8) is 0 Å². The van der Waals surface area contributed by atoms with Crippen molar-refractivity contribution >= 4 is 62.8 Å². The number of imidazole rings is 1. The zero-order valence-corrected chi connectivity index (χ0v) is 15.6. The number of benzene rings is 2. The van der Waals surface area contributed by atoms with Crippen LogP contribution < -0.4 is 0 Å². The molecule has 25 heavy (non-hydrogen) atoms. The Hall–Kier alpha value is -2.35. The number of aromatic nitrogens is 4. The van der Waals surface area contributed by atoms with Crippen LogP contribution in [0.3, 0.4) is 0 Å². The van der Waals surface area contributed by atoms with E-state index in [0.29, 0.717) is 4.77 Å². The molecule has 0 radical (unpaired) electrons. The SMILES string of the molecule is Cc1ccccc1-n1c(=S)sc2c1nc(=S)n1c3ccccc3[nH]c21. The van der Waals surface area contributed by atoms with Gasteiger partial charge >= 0.3 is 0 Å². The summed E-state index contributed by atoms with van der Waals surface area (Å²) in [6.45, 7) is 2.07. The summed E-state index contributed by atoms with van der Waals surface area (Å²) in [5, 5.41) is 0. The highest BCUT2D eigenvalue weighted by Gasteiger charge is 2.16. The van der Waals surface area contributed by atoms with Crippen LogP contribution in [-0.4, -0.2) is 18.9 Å². The van der Waals surface area contributed by atoms with Gasteiger partial charge in [0.05, 0.1) is 16.7 Å². The molecule has 0 aliphatic carbocycles. The summed E-state index contributed by atoms with van der Waals surface area (Å²) in [5.41, 5.74) is 6.00. The lowest BCUT2D eigenvalue weighted by Crippen LogP contribution is -2.00. The van der Waals surface area contributed by atoms with Gasteiger partial charge in [-0.3, -0.25) is 8.97 Å². The van der Waals surface area contributed by atoms with Gasteiger partial charge in [0.15, 0.2) is 9.60 Å². The van der Waals surface area contributed by atoms with E-state index in [2.05, 4.69) is 24.0 Å². The number of aromatic amines is 1. The monoisotopic (exact) mass is 380 g/mol. The van der Waals surface area contributed by atoms with Gasteiger partial charge in [-0.25, -0.2) is 0 Å². The predicted molar refractivity (Wildman–Crippen MR) is 108 cm³/mol. The Bertz CT molecular complexity index is 1400. The molecule has 1 N–H and O–H groups in total. The molecular formula is C18H12N4S3. The quantitative estimate of drug-likeness (QED) is 0.385. The van der Waals surface area contributed by atoms with Gasteiger partial charge in [-0.2, -0.15) is 4.98 Å². The molecule has 3 aromatic heterocycles. The fraction of sp³-hybridized carbons (Fsp3) is 0.0556. The smallest absolute Gasteiger partial charge is 0.207 e. The van der Waals surface area contributed by atoms with E-state index in [0.717, 1.165) is 42.2 Å². The Morgan fingerprint density at radius 1 is 1.04 bits per heavy atom. The van der Waals surface area contributed by atoms with Crippen molar-refractivity contribution < 1.29 is 0 Å². The number of nitrogens with one attached hydrogen (secondary N) is 1. The molecule has 0 unspecified atom stereocenters. The Morgan fingerprint density at radius 2 is 1.80 bits per heavy atom. The van der Waals surface area contributed by atoms with Crippen LogP contribution in [0.5, 0.6) is 0 Å². The predicted octanol–water partition coefficient (Wildman–Crippen LogP) is 5.59. The molecule has 0 aliphatic heterocycles. The first-order valence-electron chi connectivity index (χ1n) is 7.76. The Morgan fingerprint density at radius 3 is 2.64 bits per heavy atom. The van der Waals surface area contributed by atoms with E-state index in [4.69, 9.17) is 29.4 Å². The summed E-state index contributed by atoms with van der Waals surface area (Å²) in [4.78, 5) is 8.20. The van der Waals surface area contributed by atoms with Crippen LogP contribution in [0.2, 0.25) is 0 Å². The highest BCUT2D eigenvalue weighted by atomic mass is 32.1. The summed E-state index contributed by atoms with van der Waals surface area (Å²) in [6, 6.07) is 16.3. The highest BCUT2D eigenvalue weighted by molar-refractivity contribution is 7.73. The van der Waals surface area contributed by atoms with Crippen molar-refractivity contribution in [2.45, 2.75) is 6.92 Å². The van der Waals surface area contributed by atoms with E-state index in [-0.39, 0.29) is 0 Å². The molecule has 0 atom stereocenters. The molecule has 122 valence electrons. The first kappa shape index (κ1) is 14.9. The standard InChI is InChI=1S/C18H12N4S3/c1-10-6-2-4-8-12(10)22-16-14(25-18(22)24)15-19-11-7-3-5-9-13(11)21(15)17(23)20-16/h2-9,19H,1H3. The van der Waals surface area contributed by atoms with Crippen molar-refractivity contribution in [3.05, 3.63) is 62.8 Å². The Kier molecular flexibility index (Phi) is 3.18. The van der Waals surface area contributed by atoms with Gasteiger partial charge in [0.2, 0.25) is 4.77 Å². The number of H-pyrrole nitrogens is 1. The highest BCUT2D eigenvalue weighted by Crippen LogP contribution is 2.31. The van der Waals surface area contributed by atoms with Gasteiger partial charge in [0.25, 0.3) is 0 Å². The third-order valence-corrected chi connectivity index (χ3v) is 6.02. The third kappa shape index (κ3) is 2.06. The number of hydrogen-bond donors (Lipinski definition) is 1. The van der Waals surface area contributed by atoms with Crippen LogP contribution in [0.4, 0.5) is 0 Å². The number of para-hydroxylation sites is 3. The first-order valence-corrected chi connectivity index (χ1v) is 9.39. The van der Waals surface area contributed by atoms with Crippen molar-refractivity contribution in [1.29, 1.82) is 0 Å². The molecule has 5 rings (SSSR count). The lowest BCUT2D eigenvalue weighted by Gasteiger charge is -2.07. The minimum absolute atomic E-state index is 0.523. The van der Waals surface area contributed by atoms with Gasteiger partial charge in [0, 0.05) is 0 Å². The van der Waals surface area contributed by atoms with Crippen LogP contribution in [0.25, 0.3) is 32.7 Å². The van der Waals surface area contributed by atoms with Gasteiger partial charge in [-0.05, 0) is 55.1 Å². The number of rotatable bonds is 1. The van der Waals surface area contributed by atoms with Crippen LogP contribution in [0.15, 0.2) is 48.5 Å². The maximum absolute atomic E-state index is 5.67. The maximum Gasteiger partial charge on any atom is 0.207 e. The van der Waals surface area contributed by atoms with Gasteiger partial charge in [-0.1, -0.05) is 41.7 Å². The summed E-state index contributed by atoms with van der Waals surface area (Å²) < 4.78 is 6.30. The molecule has 0 aliphatic rings. The molecule has 0 amide bonds. The topological polar surface area (TPSA) is 38.0 Å². The second kappa shape index (κ2) is 5.32. The number of nitrogens with zero attached hydrogens (tertiary/aromatic N) is 3. The molecule has 0 saturated heterocycles. The summed E-state index contributed by atoms with van der Waals surface area (Å²) in [6.07, 6.45) is 0. The summed E-state index contributed by atoms with van der Waals surface area (Å²) in [5.74, 6) is 0. The minimum Gasteiger partial charge on any atom is -0.338 e. The van der Waals surface area contributed by atoms with Crippen molar-refractivity contribution in [2.75, 3.05) is 0 Å². The van der Waals surface area contributed by atoms with E-state index < -0.39 is 0 Å². The molecular weight excluding hydrogens is 368 g/mol. The van der Waals surface area contributed by atoms with E-state index in [1.54, 1.807) is 11.3 Å². The lowest BCUT2D eigenvalue weighted by molar-refractivity contribution is 1.03. The fourth-order valence-corrected chi connectivity index (χ4v) is 4.85.